The van der Waals surface area contributed by atoms with Crippen LogP contribution in [0.25, 0.3) is 19.5 Å². The van der Waals surface area contributed by atoms with Crippen molar-refractivity contribution in [2.45, 2.75) is 89.9 Å². The Morgan fingerprint density at radius 2 is 0.863 bits per heavy atom. The highest BCUT2D eigenvalue weighted by Crippen LogP contribution is 2.53. The highest BCUT2D eigenvalue weighted by molar-refractivity contribution is 7.28. The minimum atomic E-state index is -4.20. The molecule has 0 radical (unpaired) electrons. The van der Waals surface area contributed by atoms with Crippen molar-refractivity contribution >= 4 is 68.7 Å². The lowest BCUT2D eigenvalue weighted by molar-refractivity contribution is 0.0187. The Kier molecular flexibility index (Phi) is 8.99. The normalized spacial score (nSPS) is 17.0. The first kappa shape index (κ1) is 35.5. The van der Waals surface area contributed by atoms with E-state index in [1.54, 1.807) is 12.1 Å². The van der Waals surface area contributed by atoms with E-state index in [-0.39, 0.29) is 41.8 Å². The van der Waals surface area contributed by atoms with Crippen LogP contribution in [0.4, 0.5) is 17.6 Å². The van der Waals surface area contributed by atoms with E-state index in [0.29, 0.717) is 35.5 Å². The van der Waals surface area contributed by atoms with E-state index in [9.17, 15) is 46.3 Å². The van der Waals surface area contributed by atoms with E-state index >= 15 is 0 Å². The van der Waals surface area contributed by atoms with E-state index in [2.05, 4.69) is 13.8 Å². The van der Waals surface area contributed by atoms with Crippen LogP contribution in [0.1, 0.15) is 148 Å². The summed E-state index contributed by atoms with van der Waals surface area (Å²) < 4.78 is 57.2. The summed E-state index contributed by atoms with van der Waals surface area (Å²) in [6, 6.07) is 5.76. The van der Waals surface area contributed by atoms with Crippen LogP contribution in [0.5, 0.6) is 0 Å². The summed E-state index contributed by atoms with van der Waals surface area (Å²) in [4.78, 5) is 78.6. The van der Waals surface area contributed by atoms with Crippen molar-refractivity contribution in [3.8, 4) is 19.5 Å². The topological polar surface area (TPSA) is 102 Å². The summed E-state index contributed by atoms with van der Waals surface area (Å²) in [7, 11) is 0. The van der Waals surface area contributed by atoms with Crippen molar-refractivity contribution < 1.29 is 46.3 Å². The molecule has 1 aromatic carbocycles. The first-order valence-corrected chi connectivity index (χ1v) is 19.3. The average Bonchev–Trinajstić information content (AvgIpc) is 3.89. The number of Topliss-reactive ketones (excluding diaryl/α,β-unsaturated/α-hetero) is 4. The summed E-state index contributed by atoms with van der Waals surface area (Å²) in [5.74, 6) is -16.1. The zero-order chi connectivity index (χ0) is 36.6. The van der Waals surface area contributed by atoms with Gasteiger partial charge < -0.3 is 0 Å². The number of ketones is 6. The molecule has 0 spiro atoms. The lowest BCUT2D eigenvalue weighted by atomic mass is 9.80. The van der Waals surface area contributed by atoms with Gasteiger partial charge in [-0.25, -0.2) is 0 Å². The Morgan fingerprint density at radius 1 is 0.471 bits per heavy atom. The number of hydrogen-bond donors (Lipinski definition) is 0. The Bertz CT molecular complexity index is 2000. The Balaban J connectivity index is 1.39. The molecular weight excluding hydrogens is 725 g/mol. The van der Waals surface area contributed by atoms with E-state index in [1.807, 2.05) is 0 Å². The van der Waals surface area contributed by atoms with Gasteiger partial charge in [0, 0.05) is 32.0 Å². The molecule has 0 saturated heterocycles. The van der Waals surface area contributed by atoms with Crippen LogP contribution in [0, 0.1) is 0 Å². The van der Waals surface area contributed by atoms with Gasteiger partial charge in [-0.05, 0) is 61.1 Å². The Labute approximate surface area is 301 Å². The fourth-order valence-corrected chi connectivity index (χ4v) is 10.8. The van der Waals surface area contributed by atoms with Gasteiger partial charge in [0.05, 0.1) is 30.6 Å². The highest BCUT2D eigenvalue weighted by Gasteiger charge is 2.58. The van der Waals surface area contributed by atoms with Crippen LogP contribution in [0.2, 0.25) is 0 Å². The smallest absolute Gasteiger partial charge is 0.289 e. The summed E-state index contributed by atoms with van der Waals surface area (Å²) in [5.41, 5.74) is 1.16. The van der Waals surface area contributed by atoms with Gasteiger partial charge in [-0.3, -0.25) is 28.8 Å². The molecule has 3 heterocycles. The number of thiophene rings is 3. The van der Waals surface area contributed by atoms with Crippen LogP contribution in [0.15, 0.2) is 24.3 Å². The van der Waals surface area contributed by atoms with Gasteiger partial charge in [-0.15, -0.1) is 34.0 Å². The monoisotopic (exact) mass is 754 g/mol. The molecule has 7 rings (SSSR count). The quantitative estimate of drug-likeness (QED) is 0.0714. The molecular formula is C38H30F4O6S3. The molecule has 0 N–H and O–H groups in total. The van der Waals surface area contributed by atoms with Crippen LogP contribution in [0.3, 0.4) is 0 Å². The molecule has 0 amide bonds. The fourth-order valence-electron chi connectivity index (χ4n) is 7.01. The fraction of sp³-hybridized carbons (Fsp3) is 0.368. The van der Waals surface area contributed by atoms with E-state index < -0.39 is 67.4 Å². The lowest BCUT2D eigenvalue weighted by Gasteiger charge is -2.20. The molecule has 0 aliphatic heterocycles. The van der Waals surface area contributed by atoms with Gasteiger partial charge in [0.25, 0.3) is 11.6 Å². The van der Waals surface area contributed by atoms with Crippen LogP contribution < -0.4 is 0 Å². The van der Waals surface area contributed by atoms with Crippen molar-refractivity contribution in [2.24, 2.45) is 0 Å². The largest absolute Gasteiger partial charge is 0.372 e. The number of aryl methyl sites for hydroxylation is 2. The van der Waals surface area contributed by atoms with Crippen LogP contribution in [-0.2, 0) is 12.8 Å². The maximum Gasteiger partial charge on any atom is 0.372 e. The number of rotatable bonds is 12. The number of carbonyl (C=O) groups excluding carboxylic acids is 6. The number of halogens is 4. The highest BCUT2D eigenvalue weighted by atomic mass is 32.1. The number of alkyl halides is 4. The van der Waals surface area contributed by atoms with E-state index in [1.165, 1.54) is 0 Å². The van der Waals surface area contributed by atoms with E-state index in [0.717, 1.165) is 86.0 Å². The number of unbranched alkanes of at least 4 members (excludes halogenated alkanes) is 6. The first-order chi connectivity index (χ1) is 24.2. The van der Waals surface area contributed by atoms with Crippen LogP contribution >= 0.6 is 34.0 Å². The molecule has 0 unspecified atom stereocenters. The molecule has 0 fully saturated rings. The molecule has 3 aromatic heterocycles. The minimum Gasteiger partial charge on any atom is -0.289 e. The molecule has 3 aliphatic rings. The summed E-state index contributed by atoms with van der Waals surface area (Å²) in [6.07, 6.45) is 9.40. The molecule has 0 saturated carbocycles. The first-order valence-electron chi connectivity index (χ1n) is 16.9. The molecule has 13 heteroatoms. The summed E-state index contributed by atoms with van der Waals surface area (Å²) >= 11 is 2.10. The van der Waals surface area contributed by atoms with Crippen molar-refractivity contribution in [1.82, 2.24) is 0 Å². The van der Waals surface area contributed by atoms with Crippen LogP contribution in [-0.4, -0.2) is 46.5 Å². The molecule has 3 aliphatic carbocycles. The number of benzene rings is 1. The molecule has 264 valence electrons. The number of fused-ring (bicyclic) bond motifs is 4. The van der Waals surface area contributed by atoms with Crippen molar-refractivity contribution in [3.05, 3.63) is 78.5 Å². The van der Waals surface area contributed by atoms with E-state index in [4.69, 9.17) is 0 Å². The second-order valence-electron chi connectivity index (χ2n) is 13.1. The maximum atomic E-state index is 14.6. The van der Waals surface area contributed by atoms with Crippen molar-refractivity contribution in [1.29, 1.82) is 0 Å². The van der Waals surface area contributed by atoms with Gasteiger partial charge in [0.1, 0.15) is 0 Å². The Hall–Kier alpha value is -3.94. The summed E-state index contributed by atoms with van der Waals surface area (Å²) in [5, 5.41) is 0. The molecule has 51 heavy (non-hydrogen) atoms. The van der Waals surface area contributed by atoms with Gasteiger partial charge in [0.2, 0.25) is 11.6 Å². The third-order valence-corrected chi connectivity index (χ3v) is 13.6. The second kappa shape index (κ2) is 12.9. The lowest BCUT2D eigenvalue weighted by Crippen LogP contribution is -2.30. The SMILES string of the molecule is CCCCCCc1cc2c(cc1CCCCCC)C(=O)c1c(-c3cc4c(s3)C(=O)C(F)(F)C4=O)sc(-c3cc4c(s3)C(=O)C(F)(F)C4=O)c1C2=O. The number of carbonyl (C=O) groups is 6. The van der Waals surface area contributed by atoms with Crippen molar-refractivity contribution in [3.63, 3.8) is 0 Å². The maximum absolute atomic E-state index is 14.6. The molecule has 4 aromatic rings. The third kappa shape index (κ3) is 5.45. The zero-order valence-corrected chi connectivity index (χ0v) is 30.0. The van der Waals surface area contributed by atoms with Gasteiger partial charge in [-0.1, -0.05) is 52.4 Å². The second-order valence-corrected chi connectivity index (χ2v) is 16.3. The Morgan fingerprint density at radius 3 is 1.22 bits per heavy atom. The third-order valence-electron chi connectivity index (χ3n) is 9.74. The van der Waals surface area contributed by atoms with Gasteiger partial charge in [0.15, 0.2) is 11.6 Å². The standard InChI is InChI=1S/C38H30F4O6S3/c1-3-5-7-9-11-17-13-19-20(14-18(17)12-10-8-6-4-2)28(44)26-25(27(19)43)31(23-15-21-29(49-23)35(47)37(39,40)33(21)45)51-32(26)24-16-22-30(50-24)36(48)38(41,42)34(22)46/h13-16H,3-12H2,1-2H3. The predicted octanol–water partition coefficient (Wildman–Crippen LogP) is 10.3. The van der Waals surface area contributed by atoms with Gasteiger partial charge >= 0.3 is 11.8 Å². The number of hydrogen-bond acceptors (Lipinski definition) is 9. The minimum absolute atomic E-state index is 0.0664. The van der Waals surface area contributed by atoms with Crippen molar-refractivity contribution in [2.75, 3.05) is 0 Å². The molecule has 0 atom stereocenters. The van der Waals surface area contributed by atoms with Gasteiger partial charge in [-0.2, -0.15) is 17.6 Å². The zero-order valence-electron chi connectivity index (χ0n) is 27.6. The predicted molar refractivity (Wildman–Crippen MR) is 187 cm³/mol. The average molecular weight is 755 g/mol. The molecule has 0 bridgehead atoms. The molecule has 6 nitrogen and oxygen atoms in total. The summed E-state index contributed by atoms with van der Waals surface area (Å²) in [6.45, 7) is 4.22.